The predicted molar refractivity (Wildman–Crippen MR) is 123 cm³/mol. The van der Waals surface area contributed by atoms with Gasteiger partial charge in [-0.25, -0.2) is 4.98 Å². The first-order chi connectivity index (χ1) is 16.2. The molecule has 9 heteroatoms. The highest BCUT2D eigenvalue weighted by Crippen LogP contribution is 2.28. The number of anilines is 1. The minimum absolute atomic E-state index is 0.265. The number of carbonyl (C=O) groups is 1. The summed E-state index contributed by atoms with van der Waals surface area (Å²) in [7, 11) is 1.80. The van der Waals surface area contributed by atoms with Crippen molar-refractivity contribution in [1.29, 1.82) is 0 Å². The third-order valence-corrected chi connectivity index (χ3v) is 5.36. The number of morpholine rings is 1. The van der Waals surface area contributed by atoms with Gasteiger partial charge in [-0.3, -0.25) is 19.4 Å². The van der Waals surface area contributed by atoms with E-state index in [1.54, 1.807) is 36.5 Å². The van der Waals surface area contributed by atoms with Crippen LogP contribution in [0, 0.1) is 0 Å². The first-order valence-electron chi connectivity index (χ1n) is 10.7. The number of hydrogen-bond acceptors (Lipinski definition) is 7. The van der Waals surface area contributed by atoms with Crippen LogP contribution in [0.25, 0.3) is 22.6 Å². The summed E-state index contributed by atoms with van der Waals surface area (Å²) in [6.07, 6.45) is 6.61. The van der Waals surface area contributed by atoms with Crippen molar-refractivity contribution in [2.24, 2.45) is 7.05 Å². The zero-order valence-corrected chi connectivity index (χ0v) is 18.1. The molecule has 0 bridgehead atoms. The number of aryl methyl sites for hydroxylation is 1. The van der Waals surface area contributed by atoms with Crippen LogP contribution in [0.4, 0.5) is 5.69 Å². The van der Waals surface area contributed by atoms with Gasteiger partial charge in [-0.1, -0.05) is 12.1 Å². The van der Waals surface area contributed by atoms with Crippen molar-refractivity contribution >= 4 is 11.6 Å². The number of nitrogens with one attached hydrogen (secondary N) is 2. The molecule has 2 N–H and O–H groups in total. The van der Waals surface area contributed by atoms with Gasteiger partial charge in [0.1, 0.15) is 11.4 Å². The van der Waals surface area contributed by atoms with E-state index in [1.807, 2.05) is 42.5 Å². The van der Waals surface area contributed by atoms with Crippen LogP contribution in [0.15, 0.2) is 67.3 Å². The minimum atomic E-state index is -0.338. The normalized spacial score (nSPS) is 15.8. The fourth-order valence-corrected chi connectivity index (χ4v) is 3.81. The average Bonchev–Trinajstić information content (AvgIpc) is 3.25. The molecule has 0 saturated carbocycles. The van der Waals surface area contributed by atoms with E-state index in [9.17, 15) is 4.79 Å². The Morgan fingerprint density at radius 2 is 2.09 bits per heavy atom. The maximum Gasteiger partial charge on any atom is 0.274 e. The monoisotopic (exact) mass is 441 g/mol. The van der Waals surface area contributed by atoms with Crippen LogP contribution in [-0.4, -0.2) is 50.3 Å². The Labute approximate surface area is 190 Å². The number of rotatable bonds is 5. The number of amides is 1. The number of pyridine rings is 3. The fourth-order valence-electron chi connectivity index (χ4n) is 3.81. The highest BCUT2D eigenvalue weighted by Gasteiger charge is 2.25. The van der Waals surface area contributed by atoms with E-state index < -0.39 is 0 Å². The molecule has 1 unspecified atom stereocenters. The molecule has 4 aromatic heterocycles. The van der Waals surface area contributed by atoms with Crippen molar-refractivity contribution in [1.82, 2.24) is 30.0 Å². The largest absolute Gasteiger partial charge is 0.371 e. The maximum atomic E-state index is 13.5. The number of carbonyl (C=O) groups excluding carboxylic acids is 1. The van der Waals surface area contributed by atoms with E-state index in [-0.39, 0.29) is 12.0 Å². The van der Waals surface area contributed by atoms with Crippen LogP contribution in [0.2, 0.25) is 0 Å². The molecule has 1 aliphatic rings. The molecule has 0 aromatic carbocycles. The Hall–Kier alpha value is -3.95. The molecule has 0 spiro atoms. The van der Waals surface area contributed by atoms with Crippen LogP contribution in [0.5, 0.6) is 0 Å². The molecular formula is C24H23N7O2. The molecule has 1 aliphatic heterocycles. The molecule has 9 nitrogen and oxygen atoms in total. The molecule has 5 heterocycles. The molecular weight excluding hydrogens is 418 g/mol. The molecule has 1 atom stereocenters. The molecule has 4 aromatic rings. The maximum absolute atomic E-state index is 13.5. The smallest absolute Gasteiger partial charge is 0.274 e. The van der Waals surface area contributed by atoms with Gasteiger partial charge in [0.05, 0.1) is 29.8 Å². The summed E-state index contributed by atoms with van der Waals surface area (Å²) in [5, 5.41) is 10.8. The van der Waals surface area contributed by atoms with E-state index in [1.165, 1.54) is 0 Å². The van der Waals surface area contributed by atoms with Crippen molar-refractivity contribution in [2.75, 3.05) is 25.0 Å². The number of nitrogens with zero attached hydrogens (tertiary/aromatic N) is 5. The Balaban J connectivity index is 1.53. The molecule has 1 amide bonds. The summed E-state index contributed by atoms with van der Waals surface area (Å²) in [5.41, 5.74) is 4.35. The topological polar surface area (TPSA) is 107 Å². The Morgan fingerprint density at radius 3 is 2.85 bits per heavy atom. The average molecular weight is 441 g/mol. The summed E-state index contributed by atoms with van der Waals surface area (Å²) in [6, 6.07) is 13.1. The minimum Gasteiger partial charge on any atom is -0.371 e. The van der Waals surface area contributed by atoms with Crippen LogP contribution in [0.3, 0.4) is 0 Å². The summed E-state index contributed by atoms with van der Waals surface area (Å²) in [6.45, 7) is 1.96. The summed E-state index contributed by atoms with van der Waals surface area (Å²) < 4.78 is 7.57. The second-order valence-corrected chi connectivity index (χ2v) is 7.67. The zero-order chi connectivity index (χ0) is 22.6. The Morgan fingerprint density at radius 1 is 1.15 bits per heavy atom. The highest BCUT2D eigenvalue weighted by molar-refractivity contribution is 6.05. The molecule has 5 rings (SSSR count). The third-order valence-electron chi connectivity index (χ3n) is 5.36. The fraction of sp³-hybridized carbons (Fsp3) is 0.208. The lowest BCUT2D eigenvalue weighted by Crippen LogP contribution is -2.34. The van der Waals surface area contributed by atoms with E-state index in [4.69, 9.17) is 9.72 Å². The summed E-state index contributed by atoms with van der Waals surface area (Å²) in [4.78, 5) is 26.8. The first kappa shape index (κ1) is 20.9. The molecule has 0 radical (unpaired) electrons. The lowest BCUT2D eigenvalue weighted by Gasteiger charge is -2.25. The van der Waals surface area contributed by atoms with Crippen LogP contribution in [0.1, 0.15) is 22.2 Å². The number of hydrogen-bond donors (Lipinski definition) is 2. The van der Waals surface area contributed by atoms with E-state index in [2.05, 4.69) is 25.7 Å². The SMILES string of the molecule is Cn1cc(NC(=O)c2nc(-c3cccnc3)ccc2C2CNCCO2)c(-c2ccccn2)n1. The lowest BCUT2D eigenvalue weighted by molar-refractivity contribution is 0.0269. The van der Waals surface area contributed by atoms with E-state index in [0.717, 1.165) is 17.7 Å². The van der Waals surface area contributed by atoms with Gasteiger partial charge in [0, 0.05) is 56.1 Å². The second-order valence-electron chi connectivity index (χ2n) is 7.67. The quantitative estimate of drug-likeness (QED) is 0.490. The van der Waals surface area contributed by atoms with Gasteiger partial charge < -0.3 is 15.4 Å². The highest BCUT2D eigenvalue weighted by atomic mass is 16.5. The van der Waals surface area contributed by atoms with Gasteiger partial charge in [0.2, 0.25) is 0 Å². The Bertz CT molecular complexity index is 1250. The molecule has 33 heavy (non-hydrogen) atoms. The van der Waals surface area contributed by atoms with Gasteiger partial charge in [-0.05, 0) is 30.3 Å². The van der Waals surface area contributed by atoms with Gasteiger partial charge in [0.25, 0.3) is 5.91 Å². The van der Waals surface area contributed by atoms with E-state index in [0.29, 0.717) is 41.6 Å². The van der Waals surface area contributed by atoms with Gasteiger partial charge in [0.15, 0.2) is 0 Å². The van der Waals surface area contributed by atoms with Crippen molar-refractivity contribution in [3.8, 4) is 22.6 Å². The van der Waals surface area contributed by atoms with E-state index >= 15 is 0 Å². The number of aromatic nitrogens is 5. The van der Waals surface area contributed by atoms with Crippen LogP contribution in [-0.2, 0) is 11.8 Å². The molecule has 1 saturated heterocycles. The van der Waals surface area contributed by atoms with Gasteiger partial charge >= 0.3 is 0 Å². The lowest BCUT2D eigenvalue weighted by atomic mass is 10.0. The first-order valence-corrected chi connectivity index (χ1v) is 10.7. The van der Waals surface area contributed by atoms with Crippen molar-refractivity contribution in [3.05, 3.63) is 78.5 Å². The summed E-state index contributed by atoms with van der Waals surface area (Å²) >= 11 is 0. The Kier molecular flexibility index (Phi) is 5.88. The standard InChI is InChI=1S/C24H23N7O2/c1-31-15-20(23(30-31)19-6-2-3-10-27-19)29-24(32)22-17(21-14-26-11-12-33-21)7-8-18(28-22)16-5-4-9-25-13-16/h2-10,13,15,21,26H,11-12,14H2,1H3,(H,29,32). The van der Waals surface area contributed by atoms with Crippen LogP contribution < -0.4 is 10.6 Å². The zero-order valence-electron chi connectivity index (χ0n) is 18.1. The number of ether oxygens (including phenoxy) is 1. The van der Waals surface area contributed by atoms with Crippen LogP contribution >= 0.6 is 0 Å². The molecule has 1 fully saturated rings. The predicted octanol–water partition coefficient (Wildman–Crippen LogP) is 2.85. The molecule has 0 aliphatic carbocycles. The molecule has 166 valence electrons. The second kappa shape index (κ2) is 9.27. The van der Waals surface area contributed by atoms with Crippen molar-refractivity contribution in [2.45, 2.75) is 6.10 Å². The third kappa shape index (κ3) is 4.50. The van der Waals surface area contributed by atoms with Gasteiger partial charge in [-0.15, -0.1) is 0 Å². The van der Waals surface area contributed by atoms with Gasteiger partial charge in [-0.2, -0.15) is 5.10 Å². The summed E-state index contributed by atoms with van der Waals surface area (Å²) in [5.74, 6) is -0.338. The van der Waals surface area contributed by atoms with Crippen molar-refractivity contribution < 1.29 is 9.53 Å². The van der Waals surface area contributed by atoms with Crippen molar-refractivity contribution in [3.63, 3.8) is 0 Å².